The smallest absolute Gasteiger partial charge is 0.260 e. The van der Waals surface area contributed by atoms with Gasteiger partial charge in [-0.1, -0.05) is 30.0 Å². The minimum absolute atomic E-state index is 0.00916. The SMILES string of the molecule is CCCC(=O)c1sc(NC(=O)CSc2nc3sc(C(C)=O)c(C)c3c(=O)[nH]2)nc1C. The summed E-state index contributed by atoms with van der Waals surface area (Å²) in [7, 11) is 0. The van der Waals surface area contributed by atoms with E-state index in [0.29, 0.717) is 47.9 Å². The number of thioether (sulfide) groups is 1. The number of amides is 1. The summed E-state index contributed by atoms with van der Waals surface area (Å²) in [6.45, 7) is 6.85. The summed E-state index contributed by atoms with van der Waals surface area (Å²) < 4.78 is 0. The second kappa shape index (κ2) is 9.19. The predicted octanol–water partition coefficient (Wildman–Crippen LogP) is 3.97. The first-order valence-electron chi connectivity index (χ1n) is 9.18. The number of fused-ring (bicyclic) bond motifs is 1. The quantitative estimate of drug-likeness (QED) is 0.294. The van der Waals surface area contributed by atoms with Crippen molar-refractivity contribution in [3.63, 3.8) is 0 Å². The zero-order valence-corrected chi connectivity index (χ0v) is 19.3. The maximum absolute atomic E-state index is 12.4. The van der Waals surface area contributed by atoms with Crippen molar-refractivity contribution in [1.82, 2.24) is 15.0 Å². The highest BCUT2D eigenvalue weighted by Crippen LogP contribution is 2.29. The number of ketones is 2. The number of Topliss-reactive ketones (excluding diaryl/α,β-unsaturated/α-hetero) is 2. The Balaban J connectivity index is 1.70. The molecular formula is C19H20N4O4S3. The molecule has 0 unspecified atom stereocenters. The van der Waals surface area contributed by atoms with E-state index in [1.807, 2.05) is 6.92 Å². The van der Waals surface area contributed by atoms with Gasteiger partial charge in [0.05, 0.1) is 26.6 Å². The fraction of sp³-hybridized carbons (Fsp3) is 0.368. The van der Waals surface area contributed by atoms with Gasteiger partial charge in [-0.3, -0.25) is 19.2 Å². The number of H-pyrrole nitrogens is 1. The molecule has 30 heavy (non-hydrogen) atoms. The van der Waals surface area contributed by atoms with Crippen molar-refractivity contribution in [2.45, 2.75) is 45.7 Å². The topological polar surface area (TPSA) is 122 Å². The van der Waals surface area contributed by atoms with Gasteiger partial charge >= 0.3 is 0 Å². The standard InChI is InChI=1S/C19H20N4O4S3/c1-5-6-11(25)15-9(3)20-19(30-15)21-12(26)7-28-18-22-16(27)13-8(2)14(10(4)24)29-17(13)23-18/h5-7H2,1-4H3,(H,20,21,26)(H,22,23,27). The van der Waals surface area contributed by atoms with Crippen LogP contribution < -0.4 is 10.9 Å². The summed E-state index contributed by atoms with van der Waals surface area (Å²) in [6.07, 6.45) is 1.20. The summed E-state index contributed by atoms with van der Waals surface area (Å²) in [6, 6.07) is 0. The Morgan fingerprint density at radius 3 is 2.53 bits per heavy atom. The van der Waals surface area contributed by atoms with Gasteiger partial charge in [0, 0.05) is 6.42 Å². The molecule has 0 saturated carbocycles. The molecule has 0 aliphatic carbocycles. The third kappa shape index (κ3) is 4.68. The van der Waals surface area contributed by atoms with Gasteiger partial charge in [-0.05, 0) is 32.8 Å². The number of nitrogens with one attached hydrogen (secondary N) is 2. The number of thiophene rings is 1. The number of carbonyl (C=O) groups is 3. The molecule has 3 rings (SSSR count). The van der Waals surface area contributed by atoms with Crippen molar-refractivity contribution < 1.29 is 14.4 Å². The molecule has 2 N–H and O–H groups in total. The fourth-order valence-electron chi connectivity index (χ4n) is 2.87. The number of aromatic amines is 1. The van der Waals surface area contributed by atoms with Crippen LogP contribution in [-0.2, 0) is 4.79 Å². The molecule has 0 aliphatic rings. The van der Waals surface area contributed by atoms with E-state index in [9.17, 15) is 19.2 Å². The van der Waals surface area contributed by atoms with Crippen LogP contribution in [0.15, 0.2) is 9.95 Å². The lowest BCUT2D eigenvalue weighted by molar-refractivity contribution is -0.113. The Bertz CT molecular complexity index is 1210. The van der Waals surface area contributed by atoms with Gasteiger partial charge in [0.2, 0.25) is 5.91 Å². The second-order valence-electron chi connectivity index (χ2n) is 6.61. The van der Waals surface area contributed by atoms with Gasteiger partial charge in [-0.15, -0.1) is 11.3 Å². The molecule has 0 spiro atoms. The van der Waals surface area contributed by atoms with E-state index in [1.54, 1.807) is 13.8 Å². The van der Waals surface area contributed by atoms with E-state index in [2.05, 4.69) is 20.3 Å². The molecule has 0 atom stereocenters. The number of thiazole rings is 1. The third-order valence-corrected chi connectivity index (χ3v) is 7.49. The minimum Gasteiger partial charge on any atom is -0.301 e. The van der Waals surface area contributed by atoms with E-state index in [1.165, 1.54) is 18.3 Å². The van der Waals surface area contributed by atoms with Gasteiger partial charge in [0.15, 0.2) is 21.9 Å². The van der Waals surface area contributed by atoms with Crippen LogP contribution in [0.5, 0.6) is 0 Å². The highest BCUT2D eigenvalue weighted by Gasteiger charge is 2.18. The first-order valence-corrected chi connectivity index (χ1v) is 11.8. The lowest BCUT2D eigenvalue weighted by Gasteiger charge is -2.02. The van der Waals surface area contributed by atoms with Crippen LogP contribution in [0.4, 0.5) is 5.13 Å². The van der Waals surface area contributed by atoms with Gasteiger partial charge in [0.1, 0.15) is 4.83 Å². The van der Waals surface area contributed by atoms with Crippen LogP contribution in [0.2, 0.25) is 0 Å². The largest absolute Gasteiger partial charge is 0.301 e. The lowest BCUT2D eigenvalue weighted by Crippen LogP contribution is -2.15. The summed E-state index contributed by atoms with van der Waals surface area (Å²) >= 11 is 3.42. The van der Waals surface area contributed by atoms with Crippen LogP contribution in [0.1, 0.15) is 57.3 Å². The molecule has 3 heterocycles. The van der Waals surface area contributed by atoms with Crippen LogP contribution in [0.3, 0.4) is 0 Å². The summed E-state index contributed by atoms with van der Waals surface area (Å²) in [5.41, 5.74) is 0.893. The summed E-state index contributed by atoms with van der Waals surface area (Å²) in [4.78, 5) is 61.3. The van der Waals surface area contributed by atoms with Crippen LogP contribution in [0.25, 0.3) is 10.2 Å². The molecule has 8 nitrogen and oxygen atoms in total. The zero-order chi connectivity index (χ0) is 22.0. The molecule has 1 amide bonds. The fourth-order valence-corrected chi connectivity index (χ4v) is 5.61. The van der Waals surface area contributed by atoms with Crippen molar-refractivity contribution in [2.24, 2.45) is 0 Å². The number of rotatable bonds is 8. The predicted molar refractivity (Wildman–Crippen MR) is 120 cm³/mol. The molecule has 3 aromatic heterocycles. The number of nitrogens with zero attached hydrogens (tertiary/aromatic N) is 2. The summed E-state index contributed by atoms with van der Waals surface area (Å²) in [5, 5.41) is 3.76. The molecule has 0 aromatic carbocycles. The van der Waals surface area contributed by atoms with Crippen LogP contribution in [0, 0.1) is 13.8 Å². The molecule has 158 valence electrons. The molecule has 0 bridgehead atoms. The highest BCUT2D eigenvalue weighted by atomic mass is 32.2. The van der Waals surface area contributed by atoms with Crippen LogP contribution >= 0.6 is 34.4 Å². The monoisotopic (exact) mass is 464 g/mol. The molecule has 11 heteroatoms. The van der Waals surface area contributed by atoms with E-state index in [-0.39, 0.29) is 28.8 Å². The van der Waals surface area contributed by atoms with Gasteiger partial charge < -0.3 is 10.3 Å². The van der Waals surface area contributed by atoms with Crippen molar-refractivity contribution in [3.05, 3.63) is 31.4 Å². The number of aromatic nitrogens is 3. The Morgan fingerprint density at radius 1 is 1.13 bits per heavy atom. The number of hydrogen-bond donors (Lipinski definition) is 2. The van der Waals surface area contributed by atoms with E-state index < -0.39 is 0 Å². The minimum atomic E-state index is -0.334. The Hall–Kier alpha value is -2.37. The Kier molecular flexibility index (Phi) is 6.84. The molecular weight excluding hydrogens is 444 g/mol. The maximum Gasteiger partial charge on any atom is 0.260 e. The average Bonchev–Trinajstić information content (AvgIpc) is 3.20. The number of anilines is 1. The van der Waals surface area contributed by atoms with E-state index in [0.717, 1.165) is 29.5 Å². The third-order valence-electron chi connectivity index (χ3n) is 4.21. The molecule has 0 aliphatic heterocycles. The van der Waals surface area contributed by atoms with Crippen molar-refractivity contribution in [1.29, 1.82) is 0 Å². The summed E-state index contributed by atoms with van der Waals surface area (Å²) in [5.74, 6) is -0.402. The van der Waals surface area contributed by atoms with Gasteiger partial charge in [-0.2, -0.15) is 0 Å². The van der Waals surface area contributed by atoms with Gasteiger partial charge in [0.25, 0.3) is 5.56 Å². The Labute approximate surface area is 184 Å². The van der Waals surface area contributed by atoms with Gasteiger partial charge in [-0.25, -0.2) is 9.97 Å². The first-order chi connectivity index (χ1) is 14.2. The van der Waals surface area contributed by atoms with Crippen LogP contribution in [-0.4, -0.2) is 38.2 Å². The maximum atomic E-state index is 12.4. The molecule has 0 saturated heterocycles. The lowest BCUT2D eigenvalue weighted by atomic mass is 10.2. The van der Waals surface area contributed by atoms with Crippen molar-refractivity contribution in [2.75, 3.05) is 11.1 Å². The number of carbonyl (C=O) groups excluding carboxylic acids is 3. The molecule has 0 fully saturated rings. The van der Waals surface area contributed by atoms with E-state index in [4.69, 9.17) is 0 Å². The average molecular weight is 465 g/mol. The second-order valence-corrected chi connectivity index (χ2v) is 9.57. The highest BCUT2D eigenvalue weighted by molar-refractivity contribution is 7.99. The zero-order valence-electron chi connectivity index (χ0n) is 16.9. The number of aryl methyl sites for hydroxylation is 2. The number of hydrogen-bond acceptors (Lipinski definition) is 9. The van der Waals surface area contributed by atoms with Crippen molar-refractivity contribution >= 4 is 67.3 Å². The molecule has 3 aromatic rings. The van der Waals surface area contributed by atoms with E-state index >= 15 is 0 Å². The Morgan fingerprint density at radius 2 is 1.87 bits per heavy atom. The van der Waals surface area contributed by atoms with Crippen molar-refractivity contribution in [3.8, 4) is 0 Å². The first kappa shape index (κ1) is 22.3. The normalized spacial score (nSPS) is 11.1. The molecule has 0 radical (unpaired) electrons.